The monoisotopic (exact) mass is 204 g/mol. The lowest BCUT2D eigenvalue weighted by Crippen LogP contribution is -2.07. The highest BCUT2D eigenvalue weighted by molar-refractivity contribution is 5.78. The molecule has 2 aromatic rings. The first-order valence-electron chi connectivity index (χ1n) is 5.25. The van der Waals surface area contributed by atoms with Crippen molar-refractivity contribution in [2.45, 2.75) is 32.2 Å². The summed E-state index contributed by atoms with van der Waals surface area (Å²) in [5, 5.41) is 5.15. The van der Waals surface area contributed by atoms with Crippen LogP contribution >= 0.6 is 0 Å². The smallest absolute Gasteiger partial charge is 0.262 e. The van der Waals surface area contributed by atoms with Gasteiger partial charge in [0.25, 0.3) is 5.56 Å². The standard InChI is InChI=1S/C10H12N4O/c1-2-14-9-7(10(15)12-5-11-9)8(13-14)6-3-4-6/h5-6H,2-4H2,1H3,(H,11,12,15). The van der Waals surface area contributed by atoms with E-state index in [9.17, 15) is 4.79 Å². The molecule has 5 nitrogen and oxygen atoms in total. The molecule has 1 aliphatic rings. The van der Waals surface area contributed by atoms with E-state index in [-0.39, 0.29) is 5.56 Å². The molecule has 0 bridgehead atoms. The SMILES string of the molecule is CCn1nc(C2CC2)c2c(=O)[nH]cnc21. The average molecular weight is 204 g/mol. The first-order chi connectivity index (χ1) is 7.31. The summed E-state index contributed by atoms with van der Waals surface area (Å²) >= 11 is 0. The third-order valence-corrected chi connectivity index (χ3v) is 2.83. The van der Waals surface area contributed by atoms with Crippen molar-refractivity contribution >= 4 is 11.0 Å². The normalized spacial score (nSPS) is 16.1. The maximum atomic E-state index is 11.7. The molecular weight excluding hydrogens is 192 g/mol. The minimum Gasteiger partial charge on any atom is -0.312 e. The maximum Gasteiger partial charge on any atom is 0.262 e. The van der Waals surface area contributed by atoms with Gasteiger partial charge in [-0.2, -0.15) is 5.10 Å². The van der Waals surface area contributed by atoms with Crippen LogP contribution in [-0.2, 0) is 6.54 Å². The van der Waals surface area contributed by atoms with Gasteiger partial charge in [-0.15, -0.1) is 0 Å². The van der Waals surface area contributed by atoms with E-state index in [4.69, 9.17) is 0 Å². The zero-order chi connectivity index (χ0) is 10.4. The molecule has 1 fully saturated rings. The van der Waals surface area contributed by atoms with Crippen molar-refractivity contribution in [1.82, 2.24) is 19.7 Å². The highest BCUT2D eigenvalue weighted by Crippen LogP contribution is 2.41. The summed E-state index contributed by atoms with van der Waals surface area (Å²) in [5.41, 5.74) is 1.57. The second kappa shape index (κ2) is 2.92. The number of nitrogens with zero attached hydrogens (tertiary/aromatic N) is 3. The lowest BCUT2D eigenvalue weighted by Gasteiger charge is -1.94. The summed E-state index contributed by atoms with van der Waals surface area (Å²) in [7, 11) is 0. The highest BCUT2D eigenvalue weighted by atomic mass is 16.1. The van der Waals surface area contributed by atoms with Crippen molar-refractivity contribution in [2.24, 2.45) is 0 Å². The molecule has 15 heavy (non-hydrogen) atoms. The number of aromatic amines is 1. The van der Waals surface area contributed by atoms with Crippen LogP contribution in [0.25, 0.3) is 11.0 Å². The lowest BCUT2D eigenvalue weighted by molar-refractivity contribution is 0.662. The van der Waals surface area contributed by atoms with Crippen molar-refractivity contribution in [3.63, 3.8) is 0 Å². The Kier molecular flexibility index (Phi) is 1.68. The molecule has 78 valence electrons. The van der Waals surface area contributed by atoms with E-state index in [2.05, 4.69) is 15.1 Å². The summed E-state index contributed by atoms with van der Waals surface area (Å²) in [6.07, 6.45) is 3.73. The van der Waals surface area contributed by atoms with E-state index in [0.717, 1.165) is 25.1 Å². The van der Waals surface area contributed by atoms with Crippen LogP contribution in [0.1, 0.15) is 31.4 Å². The summed E-state index contributed by atoms with van der Waals surface area (Å²) in [4.78, 5) is 18.5. The fourth-order valence-corrected chi connectivity index (χ4v) is 1.91. The third kappa shape index (κ3) is 1.19. The molecule has 1 aliphatic carbocycles. The predicted octanol–water partition coefficient (Wildman–Crippen LogP) is 1.02. The van der Waals surface area contributed by atoms with E-state index in [1.807, 2.05) is 6.92 Å². The van der Waals surface area contributed by atoms with E-state index in [1.165, 1.54) is 6.33 Å². The molecule has 0 saturated heterocycles. The van der Waals surface area contributed by atoms with Crippen LogP contribution in [0.15, 0.2) is 11.1 Å². The Bertz CT molecular complexity index is 564. The number of nitrogens with one attached hydrogen (secondary N) is 1. The molecule has 1 saturated carbocycles. The summed E-state index contributed by atoms with van der Waals surface area (Å²) < 4.78 is 1.80. The molecule has 3 rings (SSSR count). The van der Waals surface area contributed by atoms with Gasteiger partial charge in [-0.05, 0) is 19.8 Å². The van der Waals surface area contributed by atoms with Gasteiger partial charge in [0.15, 0.2) is 5.65 Å². The number of fused-ring (bicyclic) bond motifs is 1. The van der Waals surface area contributed by atoms with Crippen LogP contribution in [0.2, 0.25) is 0 Å². The van der Waals surface area contributed by atoms with Gasteiger partial charge in [-0.1, -0.05) is 0 Å². The number of rotatable bonds is 2. The summed E-state index contributed by atoms with van der Waals surface area (Å²) in [6.45, 7) is 2.76. The molecule has 2 aromatic heterocycles. The maximum absolute atomic E-state index is 11.7. The molecule has 0 radical (unpaired) electrons. The molecule has 0 amide bonds. The van der Waals surface area contributed by atoms with Gasteiger partial charge in [0.1, 0.15) is 5.39 Å². The Balaban J connectivity index is 2.39. The summed E-state index contributed by atoms with van der Waals surface area (Å²) in [6, 6.07) is 0. The van der Waals surface area contributed by atoms with Crippen LogP contribution in [0, 0.1) is 0 Å². The molecule has 0 aromatic carbocycles. The molecule has 1 N–H and O–H groups in total. The molecule has 0 aliphatic heterocycles. The quantitative estimate of drug-likeness (QED) is 0.794. The Morgan fingerprint density at radius 3 is 3.07 bits per heavy atom. The first-order valence-corrected chi connectivity index (χ1v) is 5.25. The second-order valence-corrected chi connectivity index (χ2v) is 3.91. The molecule has 0 unspecified atom stereocenters. The fraction of sp³-hybridized carbons (Fsp3) is 0.500. The molecule has 0 atom stereocenters. The summed E-state index contributed by atoms with van der Waals surface area (Å²) in [5.74, 6) is 0.477. The van der Waals surface area contributed by atoms with Gasteiger partial charge >= 0.3 is 0 Å². The second-order valence-electron chi connectivity index (χ2n) is 3.91. The largest absolute Gasteiger partial charge is 0.312 e. The van der Waals surface area contributed by atoms with Gasteiger partial charge in [0, 0.05) is 12.5 Å². The minimum atomic E-state index is -0.0680. The van der Waals surface area contributed by atoms with Crippen LogP contribution in [0.5, 0.6) is 0 Å². The van der Waals surface area contributed by atoms with E-state index in [1.54, 1.807) is 4.68 Å². The Hall–Kier alpha value is -1.65. The molecule has 2 heterocycles. The van der Waals surface area contributed by atoms with Gasteiger partial charge in [0.2, 0.25) is 0 Å². The third-order valence-electron chi connectivity index (χ3n) is 2.83. The van der Waals surface area contributed by atoms with Gasteiger partial charge in [-0.3, -0.25) is 4.79 Å². The van der Waals surface area contributed by atoms with Crippen molar-refractivity contribution in [1.29, 1.82) is 0 Å². The van der Waals surface area contributed by atoms with Gasteiger partial charge in [-0.25, -0.2) is 9.67 Å². The van der Waals surface area contributed by atoms with Crippen molar-refractivity contribution in [3.8, 4) is 0 Å². The Labute approximate surface area is 86.1 Å². The number of aryl methyl sites for hydroxylation is 1. The fourth-order valence-electron chi connectivity index (χ4n) is 1.91. The number of H-pyrrole nitrogens is 1. The lowest BCUT2D eigenvalue weighted by atomic mass is 10.2. The topological polar surface area (TPSA) is 63.6 Å². The van der Waals surface area contributed by atoms with Crippen molar-refractivity contribution in [2.75, 3.05) is 0 Å². The number of hydrogen-bond donors (Lipinski definition) is 1. The van der Waals surface area contributed by atoms with Crippen molar-refractivity contribution in [3.05, 3.63) is 22.4 Å². The van der Waals surface area contributed by atoms with Gasteiger partial charge < -0.3 is 4.98 Å². The number of hydrogen-bond acceptors (Lipinski definition) is 3. The zero-order valence-corrected chi connectivity index (χ0v) is 8.53. The van der Waals surface area contributed by atoms with E-state index >= 15 is 0 Å². The van der Waals surface area contributed by atoms with Gasteiger partial charge in [0.05, 0.1) is 12.0 Å². The zero-order valence-electron chi connectivity index (χ0n) is 8.53. The molecule has 5 heteroatoms. The van der Waals surface area contributed by atoms with E-state index in [0.29, 0.717) is 17.0 Å². The van der Waals surface area contributed by atoms with Crippen LogP contribution in [0.4, 0.5) is 0 Å². The minimum absolute atomic E-state index is 0.0680. The van der Waals surface area contributed by atoms with Crippen molar-refractivity contribution < 1.29 is 0 Å². The highest BCUT2D eigenvalue weighted by Gasteiger charge is 2.30. The average Bonchev–Trinajstić information content (AvgIpc) is 3.00. The van der Waals surface area contributed by atoms with Crippen LogP contribution in [-0.4, -0.2) is 19.7 Å². The molecular formula is C10H12N4O. The number of aromatic nitrogens is 4. The van der Waals surface area contributed by atoms with Crippen LogP contribution in [0.3, 0.4) is 0 Å². The first kappa shape index (κ1) is 8.64. The Morgan fingerprint density at radius 2 is 2.40 bits per heavy atom. The predicted molar refractivity (Wildman–Crippen MR) is 55.8 cm³/mol. The van der Waals surface area contributed by atoms with Crippen LogP contribution < -0.4 is 5.56 Å². The Morgan fingerprint density at radius 1 is 1.60 bits per heavy atom. The molecule has 0 spiro atoms. The van der Waals surface area contributed by atoms with E-state index < -0.39 is 0 Å².